The van der Waals surface area contributed by atoms with Crippen molar-refractivity contribution in [1.82, 2.24) is 19.5 Å². The Balaban J connectivity index is 1.58. The fourth-order valence-electron chi connectivity index (χ4n) is 3.76. The van der Waals surface area contributed by atoms with Gasteiger partial charge < -0.3 is 49.9 Å². The van der Waals surface area contributed by atoms with Gasteiger partial charge >= 0.3 is 23.5 Å². The molecule has 21 nitrogen and oxygen atoms in total. The summed E-state index contributed by atoms with van der Waals surface area (Å²) in [4.78, 5) is 60.9. The minimum Gasteiger partial charge on any atom is -0.387 e. The summed E-state index contributed by atoms with van der Waals surface area (Å²) >= 11 is 0. The zero-order valence-electron chi connectivity index (χ0n) is 18.9. The number of hydrogen-bond donors (Lipinski definition) is 8. The Bertz CT molecular complexity index is 1390. The molecule has 0 spiro atoms. The first-order valence-electron chi connectivity index (χ1n) is 10.5. The number of aromatic nitrogens is 4. The van der Waals surface area contributed by atoms with Crippen molar-refractivity contribution < 1.29 is 66.1 Å². The van der Waals surface area contributed by atoms with Crippen molar-refractivity contribution in [3.63, 3.8) is 0 Å². The number of aliphatic hydroxyl groups is 2. The summed E-state index contributed by atoms with van der Waals surface area (Å²) in [6.07, 6.45) is -6.60. The van der Waals surface area contributed by atoms with Crippen molar-refractivity contribution >= 4 is 46.5 Å². The van der Waals surface area contributed by atoms with E-state index in [1.54, 1.807) is 4.90 Å². The number of nitrogens with one attached hydrogen (secondary N) is 1. The topological polar surface area (TPSA) is 312 Å². The fourth-order valence-corrected chi connectivity index (χ4v) is 6.79. The van der Waals surface area contributed by atoms with Gasteiger partial charge in [-0.15, -0.1) is 0 Å². The zero-order valence-corrected chi connectivity index (χ0v) is 21.6. The second kappa shape index (κ2) is 10.6. The van der Waals surface area contributed by atoms with Crippen LogP contribution < -0.4 is 16.2 Å². The van der Waals surface area contributed by atoms with Crippen molar-refractivity contribution in [3.8, 4) is 0 Å². The molecule has 0 aromatic carbocycles. The van der Waals surface area contributed by atoms with Crippen LogP contribution in [0.3, 0.4) is 0 Å². The Labute approximate surface area is 211 Å². The number of imidazole rings is 1. The SMILES string of the molecule is Nc1nc2c(nc(N3CCOCC3)n2[C@@H]2O[C@H](COP(=O)(O)OP(=O)(O)OP(=O)(O)O)C(O)C2O)c(=O)[nH]1. The number of nitrogens with zero attached hydrogens (tertiary/aromatic N) is 4. The third kappa shape index (κ3) is 6.49. The molecule has 38 heavy (non-hydrogen) atoms. The molecule has 4 rings (SSSR count). The number of H-pyrrole nitrogens is 1. The van der Waals surface area contributed by atoms with E-state index in [-0.39, 0.29) is 23.1 Å². The molecule has 2 aliphatic heterocycles. The molecule has 0 aliphatic carbocycles. The lowest BCUT2D eigenvalue weighted by Gasteiger charge is -2.30. The van der Waals surface area contributed by atoms with Crippen LogP contribution in [-0.2, 0) is 36.3 Å². The van der Waals surface area contributed by atoms with Gasteiger partial charge in [-0.1, -0.05) is 0 Å². The van der Waals surface area contributed by atoms with E-state index < -0.39 is 60.2 Å². The van der Waals surface area contributed by atoms with Crippen molar-refractivity contribution in [1.29, 1.82) is 0 Å². The number of phosphoric acid groups is 3. The summed E-state index contributed by atoms with van der Waals surface area (Å²) in [5, 5.41) is 21.3. The number of nitrogens with two attached hydrogens (primary N) is 1. The molecule has 2 aromatic rings. The number of rotatable bonds is 9. The number of ether oxygens (including phenoxy) is 2. The second-order valence-electron chi connectivity index (χ2n) is 7.94. The van der Waals surface area contributed by atoms with Crippen LogP contribution in [-0.4, -0.2) is 101 Å². The molecule has 2 saturated heterocycles. The van der Waals surface area contributed by atoms with E-state index in [4.69, 9.17) is 25.0 Å². The van der Waals surface area contributed by atoms with Gasteiger partial charge in [0, 0.05) is 13.1 Å². The maximum atomic E-state index is 12.4. The highest BCUT2D eigenvalue weighted by Gasteiger charge is 2.48. The van der Waals surface area contributed by atoms with Crippen molar-refractivity contribution in [2.45, 2.75) is 24.5 Å². The standard InChI is InChI=1S/C14H23N6O15P3/c15-13-17-10-7(11(23)18-13)16-14(19-1-3-31-4-2-19)20(10)12-9(22)8(21)6(33-12)5-32-37(27,28)35-38(29,30)34-36(24,25)26/h6,8-9,12,21-22H,1-5H2,(H,27,28)(H,29,30)(H2,24,25,26)(H3,15,17,18,23)/t6-,8?,9?,12-/m1/s1. The number of fused-ring (bicyclic) bond motifs is 1. The summed E-state index contributed by atoms with van der Waals surface area (Å²) in [7, 11) is -16.9. The van der Waals surface area contributed by atoms with E-state index >= 15 is 0 Å². The normalized spacial score (nSPS) is 27.9. The number of aliphatic hydroxyl groups excluding tert-OH is 2. The second-order valence-corrected chi connectivity index (χ2v) is 12.4. The Morgan fingerprint density at radius 1 is 1.03 bits per heavy atom. The van der Waals surface area contributed by atoms with Crippen LogP contribution in [0.1, 0.15) is 6.23 Å². The number of nitrogen functional groups attached to an aromatic ring is 1. The summed E-state index contributed by atoms with van der Waals surface area (Å²) in [5.41, 5.74) is 4.69. The largest absolute Gasteiger partial charge is 0.490 e. The van der Waals surface area contributed by atoms with Crippen molar-refractivity contribution in [2.24, 2.45) is 0 Å². The number of anilines is 2. The summed E-state index contributed by atoms with van der Waals surface area (Å²) in [6, 6.07) is 0. The van der Waals surface area contributed by atoms with Gasteiger partial charge in [0.05, 0.1) is 19.8 Å². The molecule has 24 heteroatoms. The van der Waals surface area contributed by atoms with Gasteiger partial charge in [0.1, 0.15) is 18.3 Å². The molecule has 6 atom stereocenters. The monoisotopic (exact) mass is 608 g/mol. The van der Waals surface area contributed by atoms with E-state index in [0.717, 1.165) is 0 Å². The van der Waals surface area contributed by atoms with Crippen LogP contribution in [0, 0.1) is 0 Å². The van der Waals surface area contributed by atoms with E-state index in [2.05, 4.69) is 28.1 Å². The van der Waals surface area contributed by atoms with Crippen LogP contribution in [0.4, 0.5) is 11.9 Å². The lowest BCUT2D eigenvalue weighted by Crippen LogP contribution is -2.39. The summed E-state index contributed by atoms with van der Waals surface area (Å²) in [5.74, 6) is -0.175. The van der Waals surface area contributed by atoms with Crippen LogP contribution >= 0.6 is 23.5 Å². The highest BCUT2D eigenvalue weighted by atomic mass is 31.3. The molecule has 2 aliphatic rings. The van der Waals surface area contributed by atoms with Gasteiger partial charge in [-0.25, -0.2) is 18.7 Å². The molecule has 0 amide bonds. The number of aromatic amines is 1. The molecule has 2 aromatic heterocycles. The average Bonchev–Trinajstić information content (AvgIpc) is 3.28. The predicted molar refractivity (Wildman–Crippen MR) is 121 cm³/mol. The van der Waals surface area contributed by atoms with E-state index in [9.17, 15) is 38.5 Å². The number of hydrogen-bond acceptors (Lipinski definition) is 15. The third-order valence-electron chi connectivity index (χ3n) is 5.25. The maximum Gasteiger partial charge on any atom is 0.490 e. The molecule has 4 heterocycles. The van der Waals surface area contributed by atoms with E-state index in [1.165, 1.54) is 4.57 Å². The van der Waals surface area contributed by atoms with E-state index in [1.807, 2.05) is 0 Å². The minimum atomic E-state index is -5.77. The molecule has 2 fully saturated rings. The first-order valence-corrected chi connectivity index (χ1v) is 15.0. The van der Waals surface area contributed by atoms with Gasteiger partial charge in [-0.2, -0.15) is 13.6 Å². The Hall–Kier alpha value is -1.80. The van der Waals surface area contributed by atoms with Crippen molar-refractivity contribution in [2.75, 3.05) is 43.5 Å². The Morgan fingerprint density at radius 2 is 1.68 bits per heavy atom. The summed E-state index contributed by atoms with van der Waals surface area (Å²) < 4.78 is 58.2. The minimum absolute atomic E-state index is 0.108. The predicted octanol–water partition coefficient (Wildman–Crippen LogP) is -2.50. The first kappa shape index (κ1) is 29.2. The van der Waals surface area contributed by atoms with Crippen LogP contribution in [0.25, 0.3) is 11.2 Å². The zero-order chi connectivity index (χ0) is 28.0. The molecule has 0 radical (unpaired) electrons. The van der Waals surface area contributed by atoms with Crippen LogP contribution in [0.5, 0.6) is 0 Å². The van der Waals surface area contributed by atoms with Gasteiger partial charge in [0.2, 0.25) is 11.9 Å². The van der Waals surface area contributed by atoms with Crippen LogP contribution in [0.2, 0.25) is 0 Å². The third-order valence-corrected chi connectivity index (χ3v) is 9.06. The van der Waals surface area contributed by atoms with Crippen LogP contribution in [0.15, 0.2) is 4.79 Å². The van der Waals surface area contributed by atoms with Crippen molar-refractivity contribution in [3.05, 3.63) is 10.4 Å². The Kier molecular flexibility index (Phi) is 8.17. The van der Waals surface area contributed by atoms with Gasteiger partial charge in [0.15, 0.2) is 17.4 Å². The van der Waals surface area contributed by atoms with Gasteiger partial charge in [0.25, 0.3) is 5.56 Å². The quantitative estimate of drug-likeness (QED) is 0.136. The Morgan fingerprint density at radius 3 is 2.32 bits per heavy atom. The molecule has 0 saturated carbocycles. The summed E-state index contributed by atoms with van der Waals surface area (Å²) in [6.45, 7) is 0.256. The molecule has 0 bridgehead atoms. The smallest absolute Gasteiger partial charge is 0.387 e. The molecular formula is C14H23N6O15P3. The highest BCUT2D eigenvalue weighted by Crippen LogP contribution is 2.66. The fraction of sp³-hybridized carbons (Fsp3) is 0.643. The lowest BCUT2D eigenvalue weighted by molar-refractivity contribution is -0.0498. The first-order chi connectivity index (χ1) is 17.6. The number of morpholine rings is 1. The maximum absolute atomic E-state index is 12.4. The van der Waals surface area contributed by atoms with Gasteiger partial charge in [-0.3, -0.25) is 18.9 Å². The highest BCUT2D eigenvalue weighted by molar-refractivity contribution is 7.66. The molecule has 4 unspecified atom stereocenters. The van der Waals surface area contributed by atoms with E-state index in [0.29, 0.717) is 26.3 Å². The lowest BCUT2D eigenvalue weighted by atomic mass is 10.1. The van der Waals surface area contributed by atoms with Gasteiger partial charge in [-0.05, 0) is 0 Å². The molecule has 9 N–H and O–H groups in total. The molecule has 214 valence electrons. The molecular weight excluding hydrogens is 585 g/mol. The average molecular weight is 608 g/mol. The number of phosphoric ester groups is 1.